The lowest BCUT2D eigenvalue weighted by Crippen LogP contribution is -2.26. The highest BCUT2D eigenvalue weighted by Gasteiger charge is 2.12. The van der Waals surface area contributed by atoms with Crippen LogP contribution in [0.2, 0.25) is 0 Å². The molecule has 18 heavy (non-hydrogen) atoms. The average Bonchev–Trinajstić information content (AvgIpc) is 2.91. The number of nitrogens with zero attached hydrogens (tertiary/aromatic N) is 3. The van der Waals surface area contributed by atoms with E-state index in [1.165, 1.54) is 6.33 Å². The van der Waals surface area contributed by atoms with E-state index in [0.29, 0.717) is 17.9 Å². The molecule has 1 amide bonds. The highest BCUT2D eigenvalue weighted by Crippen LogP contribution is 2.11. The lowest BCUT2D eigenvalue weighted by atomic mass is 10.2. The minimum Gasteiger partial charge on any atom is -0.388 e. The number of benzene rings is 1. The Morgan fingerprint density at radius 2 is 2.11 bits per heavy atom. The van der Waals surface area contributed by atoms with Crippen molar-refractivity contribution in [1.82, 2.24) is 20.1 Å². The number of aromatic nitrogens is 3. The average molecular weight is 245 g/mol. The van der Waals surface area contributed by atoms with Gasteiger partial charge >= 0.3 is 0 Å². The Kier molecular flexibility index (Phi) is 3.57. The van der Waals surface area contributed by atoms with Crippen LogP contribution in [0.25, 0.3) is 0 Å². The normalized spacial score (nSPS) is 10.1. The van der Waals surface area contributed by atoms with E-state index in [4.69, 9.17) is 0 Å². The molecule has 0 aliphatic carbocycles. The molecule has 94 valence electrons. The molecule has 2 N–H and O–H groups in total. The summed E-state index contributed by atoms with van der Waals surface area (Å²) in [4.78, 5) is 17.7. The molecule has 0 radical (unpaired) electrons. The van der Waals surface area contributed by atoms with E-state index in [1.807, 2.05) is 19.2 Å². The monoisotopic (exact) mass is 245 g/mol. The Hall–Kier alpha value is -2.37. The quantitative estimate of drug-likeness (QED) is 0.846. The zero-order chi connectivity index (χ0) is 13.0. The van der Waals surface area contributed by atoms with Gasteiger partial charge in [0.05, 0.1) is 6.54 Å². The molecule has 0 unspecified atom stereocenters. The molecule has 0 saturated carbocycles. The summed E-state index contributed by atoms with van der Waals surface area (Å²) in [5.74, 6) is 0.617. The topological polar surface area (TPSA) is 73.9 Å². The van der Waals surface area contributed by atoms with Gasteiger partial charge in [-0.1, -0.05) is 0 Å². The fourth-order valence-corrected chi connectivity index (χ4v) is 1.60. The smallest absolute Gasteiger partial charge is 0.254 e. The van der Waals surface area contributed by atoms with Crippen LogP contribution in [0.1, 0.15) is 16.2 Å². The minimum atomic E-state index is -0.0472. The van der Waals surface area contributed by atoms with E-state index in [-0.39, 0.29) is 5.91 Å². The van der Waals surface area contributed by atoms with Crippen LogP contribution in [0.3, 0.4) is 0 Å². The Labute approximate surface area is 105 Å². The molecule has 6 heteroatoms. The van der Waals surface area contributed by atoms with E-state index in [0.717, 1.165) is 5.69 Å². The zero-order valence-electron chi connectivity index (χ0n) is 10.3. The van der Waals surface area contributed by atoms with Gasteiger partial charge in [-0.2, -0.15) is 5.10 Å². The predicted molar refractivity (Wildman–Crippen MR) is 68.2 cm³/mol. The van der Waals surface area contributed by atoms with Crippen LogP contribution in [0.5, 0.6) is 0 Å². The maximum Gasteiger partial charge on any atom is 0.254 e. The van der Waals surface area contributed by atoms with Gasteiger partial charge in [0.25, 0.3) is 5.91 Å². The van der Waals surface area contributed by atoms with Crippen LogP contribution in [-0.2, 0) is 6.54 Å². The van der Waals surface area contributed by atoms with Gasteiger partial charge in [-0.3, -0.25) is 9.89 Å². The van der Waals surface area contributed by atoms with Gasteiger partial charge < -0.3 is 10.2 Å². The Morgan fingerprint density at radius 3 is 2.67 bits per heavy atom. The minimum absolute atomic E-state index is 0.0472. The summed E-state index contributed by atoms with van der Waals surface area (Å²) in [7, 11) is 3.57. The molecule has 0 saturated heterocycles. The molecule has 1 aromatic heterocycles. The standard InChI is InChI=1S/C12H15N5O/c1-13-10-5-3-9(4-6-10)12(18)17(2)7-11-14-8-15-16-11/h3-6,8,13H,7H2,1-2H3,(H,14,15,16). The fourth-order valence-electron chi connectivity index (χ4n) is 1.60. The predicted octanol–water partition coefficient (Wildman–Crippen LogP) is 1.12. The highest BCUT2D eigenvalue weighted by atomic mass is 16.2. The van der Waals surface area contributed by atoms with Crippen LogP contribution >= 0.6 is 0 Å². The lowest BCUT2D eigenvalue weighted by Gasteiger charge is -2.15. The first-order chi connectivity index (χ1) is 8.70. The van der Waals surface area contributed by atoms with Gasteiger partial charge in [0.15, 0.2) is 0 Å². The van der Waals surface area contributed by atoms with E-state index in [2.05, 4.69) is 20.5 Å². The Bertz CT molecular complexity index is 506. The van der Waals surface area contributed by atoms with Crippen LogP contribution in [0.4, 0.5) is 5.69 Å². The van der Waals surface area contributed by atoms with Gasteiger partial charge in [-0.25, -0.2) is 4.98 Å². The molecule has 0 aliphatic heterocycles. The summed E-state index contributed by atoms with van der Waals surface area (Å²) in [5, 5.41) is 9.49. The molecule has 0 bridgehead atoms. The summed E-state index contributed by atoms with van der Waals surface area (Å²) in [6.45, 7) is 0.409. The zero-order valence-corrected chi connectivity index (χ0v) is 10.3. The van der Waals surface area contributed by atoms with Crippen molar-refractivity contribution in [1.29, 1.82) is 0 Å². The number of amides is 1. The number of carbonyl (C=O) groups is 1. The number of aromatic amines is 1. The van der Waals surface area contributed by atoms with Crippen LogP contribution in [-0.4, -0.2) is 40.1 Å². The van der Waals surface area contributed by atoms with Gasteiger partial charge in [0, 0.05) is 25.3 Å². The van der Waals surface area contributed by atoms with Crippen LogP contribution < -0.4 is 5.32 Å². The molecule has 0 spiro atoms. The van der Waals surface area contributed by atoms with Gasteiger partial charge in [0.1, 0.15) is 12.2 Å². The third kappa shape index (κ3) is 2.65. The molecule has 1 aromatic carbocycles. The summed E-state index contributed by atoms with van der Waals surface area (Å²) in [6.07, 6.45) is 1.43. The third-order valence-corrected chi connectivity index (χ3v) is 2.62. The summed E-state index contributed by atoms with van der Waals surface area (Å²) in [6, 6.07) is 7.33. The molecule has 1 heterocycles. The lowest BCUT2D eigenvalue weighted by molar-refractivity contribution is 0.0781. The molecular formula is C12H15N5O. The molecule has 0 aliphatic rings. The number of nitrogens with one attached hydrogen (secondary N) is 2. The number of carbonyl (C=O) groups excluding carboxylic acids is 1. The maximum absolute atomic E-state index is 12.1. The van der Waals surface area contributed by atoms with Crippen molar-refractivity contribution in [2.24, 2.45) is 0 Å². The first-order valence-corrected chi connectivity index (χ1v) is 5.58. The second kappa shape index (κ2) is 5.31. The van der Waals surface area contributed by atoms with Crippen molar-refractivity contribution in [2.75, 3.05) is 19.4 Å². The van der Waals surface area contributed by atoms with Gasteiger partial charge in [-0.05, 0) is 24.3 Å². The number of H-pyrrole nitrogens is 1. The Morgan fingerprint density at radius 1 is 1.39 bits per heavy atom. The maximum atomic E-state index is 12.1. The van der Waals surface area contributed by atoms with Crippen molar-refractivity contribution < 1.29 is 4.79 Å². The van der Waals surface area contributed by atoms with Gasteiger partial charge in [0.2, 0.25) is 0 Å². The number of hydrogen-bond donors (Lipinski definition) is 2. The van der Waals surface area contributed by atoms with Crippen LogP contribution in [0.15, 0.2) is 30.6 Å². The second-order valence-corrected chi connectivity index (χ2v) is 3.92. The first-order valence-electron chi connectivity index (χ1n) is 5.58. The molecule has 0 fully saturated rings. The van der Waals surface area contributed by atoms with Crippen molar-refractivity contribution in [3.8, 4) is 0 Å². The van der Waals surface area contributed by atoms with Crippen LogP contribution in [0, 0.1) is 0 Å². The largest absolute Gasteiger partial charge is 0.388 e. The second-order valence-electron chi connectivity index (χ2n) is 3.92. The summed E-state index contributed by atoms with van der Waals surface area (Å²) in [5.41, 5.74) is 1.63. The molecule has 2 aromatic rings. The fraction of sp³-hybridized carbons (Fsp3) is 0.250. The highest BCUT2D eigenvalue weighted by molar-refractivity contribution is 5.94. The summed E-state index contributed by atoms with van der Waals surface area (Å²) < 4.78 is 0. The number of anilines is 1. The number of rotatable bonds is 4. The third-order valence-electron chi connectivity index (χ3n) is 2.62. The van der Waals surface area contributed by atoms with E-state index >= 15 is 0 Å². The van der Waals surface area contributed by atoms with Crippen molar-refractivity contribution >= 4 is 11.6 Å². The molecule has 2 rings (SSSR count). The van der Waals surface area contributed by atoms with Gasteiger partial charge in [-0.15, -0.1) is 0 Å². The van der Waals surface area contributed by atoms with E-state index in [9.17, 15) is 4.79 Å². The molecular weight excluding hydrogens is 230 g/mol. The van der Waals surface area contributed by atoms with E-state index in [1.54, 1.807) is 24.1 Å². The van der Waals surface area contributed by atoms with Crippen molar-refractivity contribution in [2.45, 2.75) is 6.54 Å². The summed E-state index contributed by atoms with van der Waals surface area (Å²) >= 11 is 0. The Balaban J connectivity index is 2.05. The molecule has 6 nitrogen and oxygen atoms in total. The van der Waals surface area contributed by atoms with Crippen molar-refractivity contribution in [3.05, 3.63) is 42.0 Å². The van der Waals surface area contributed by atoms with Crippen molar-refractivity contribution in [3.63, 3.8) is 0 Å². The van der Waals surface area contributed by atoms with E-state index < -0.39 is 0 Å². The first kappa shape index (κ1) is 12.1. The molecule has 0 atom stereocenters. The SMILES string of the molecule is CNc1ccc(C(=O)N(C)Cc2ncn[nH]2)cc1. The number of hydrogen-bond acceptors (Lipinski definition) is 4.